The van der Waals surface area contributed by atoms with E-state index in [0.29, 0.717) is 43.4 Å². The van der Waals surface area contributed by atoms with Gasteiger partial charge in [-0.05, 0) is 116 Å². The number of hydrazine groups is 2. The first-order valence-corrected chi connectivity index (χ1v) is 32.5. The van der Waals surface area contributed by atoms with Gasteiger partial charge in [0.15, 0.2) is 29.6 Å². The first-order valence-electron chi connectivity index (χ1n) is 32.5. The summed E-state index contributed by atoms with van der Waals surface area (Å²) in [6.45, 7) is 3.20. The number of rotatable bonds is 18. The maximum Gasteiger partial charge on any atom is 0.407 e. The number of aliphatic hydroxyl groups excluding tert-OH is 5. The fourth-order valence-corrected chi connectivity index (χ4v) is 17.9. The number of ether oxygens (including phenoxy) is 5. The van der Waals surface area contributed by atoms with E-state index in [1.54, 1.807) is 17.1 Å². The van der Waals surface area contributed by atoms with Crippen molar-refractivity contribution < 1.29 is 87.9 Å². The Balaban J connectivity index is 0.575. The van der Waals surface area contributed by atoms with Crippen LogP contribution in [0.1, 0.15) is 118 Å². The highest BCUT2D eigenvalue weighted by Crippen LogP contribution is 2.71. The molecule has 4 aromatic rings. The highest BCUT2D eigenvalue weighted by molar-refractivity contribution is 6.03. The van der Waals surface area contributed by atoms with Gasteiger partial charge in [-0.1, -0.05) is 98.3 Å². The van der Waals surface area contributed by atoms with Gasteiger partial charge in [0.1, 0.15) is 37.3 Å². The molecule has 0 radical (unpaired) electrons. The largest absolute Gasteiger partial charge is 0.479 e. The number of para-hydroxylation sites is 1. The number of carbonyl (C=O) groups excluding carboxylic acids is 6. The summed E-state index contributed by atoms with van der Waals surface area (Å²) in [4.78, 5) is 94.3. The number of nitrogens with zero attached hydrogens (tertiary/aromatic N) is 1. The fourth-order valence-electron chi connectivity index (χ4n) is 17.9. The number of carboxylic acid groups (broad SMARTS) is 1. The zero-order chi connectivity index (χ0) is 66.5. The summed E-state index contributed by atoms with van der Waals surface area (Å²) in [6, 6.07) is 27.3. The molecule has 2 saturated heterocycles. The van der Waals surface area contributed by atoms with Crippen LogP contribution >= 0.6 is 0 Å². The quantitative estimate of drug-likeness (QED) is 0.0665. The van der Waals surface area contributed by atoms with E-state index in [-0.39, 0.29) is 91.7 Å². The third-order valence-corrected chi connectivity index (χ3v) is 22.1. The lowest BCUT2D eigenvalue weighted by molar-refractivity contribution is -0.271. The Morgan fingerprint density at radius 1 is 0.811 bits per heavy atom. The molecule has 2 bridgehead atoms. The van der Waals surface area contributed by atoms with E-state index in [4.69, 9.17) is 23.7 Å². The second kappa shape index (κ2) is 24.4. The van der Waals surface area contributed by atoms with Crippen molar-refractivity contribution in [3.8, 4) is 5.75 Å². The van der Waals surface area contributed by atoms with Crippen molar-refractivity contribution in [1.82, 2.24) is 27.0 Å². The van der Waals surface area contributed by atoms with Crippen LogP contribution in [-0.4, -0.2) is 139 Å². The van der Waals surface area contributed by atoms with Crippen LogP contribution in [0.25, 0.3) is 11.4 Å². The topological polar surface area (TPSA) is 362 Å². The number of aliphatic hydroxyl groups is 5. The number of benzene rings is 4. The fraction of sp³-hybridized carbons (Fsp3) is 0.471. The van der Waals surface area contributed by atoms with E-state index in [0.717, 1.165) is 57.6 Å². The number of hydrogen-bond donors (Lipinski definition) is 12. The number of aliphatic carboxylic acids is 1. The van der Waals surface area contributed by atoms with Crippen molar-refractivity contribution in [3.63, 3.8) is 0 Å². The molecule has 25 heteroatoms. The first kappa shape index (κ1) is 64.0. The minimum Gasteiger partial charge on any atom is -0.479 e. The molecule has 4 aliphatic heterocycles. The van der Waals surface area contributed by atoms with Crippen molar-refractivity contribution in [3.05, 3.63) is 148 Å². The Morgan fingerprint density at radius 2 is 1.54 bits per heavy atom. The molecule has 15 rings (SSSR count). The molecule has 0 aromatic heterocycles. The zero-order valence-corrected chi connectivity index (χ0v) is 52.4. The monoisotopic (exact) mass is 1300 g/mol. The van der Waals surface area contributed by atoms with Gasteiger partial charge in [0.2, 0.25) is 24.0 Å². The predicted octanol–water partition coefficient (Wildman–Crippen LogP) is 4.16. The molecule has 0 spiro atoms. The number of alkyl carbamates (subject to hydrolysis) is 1. The molecule has 6 saturated carbocycles. The third kappa shape index (κ3) is 11.1. The summed E-state index contributed by atoms with van der Waals surface area (Å²) in [5.74, 6) is -3.85. The average Bonchev–Trinajstić information content (AvgIpc) is 1.65. The van der Waals surface area contributed by atoms with Crippen molar-refractivity contribution >= 4 is 64.1 Å². The SMILES string of the molecule is C[C@]12C=CC(=O)C=C1CC[C@@H]1[C@@H]2[C@@H](O)C[C@@]2(C)[C@H]1C[C@H]1O[C@@H](c3ccc(CC45CC(NC(=O)OCc6ccc(O[C@@H]7O[C@H](C(=O)O)[C@@H](O)[C@H](O)[C@H]7O)c(NC(=O)CCNC(=O)CCC(=O)N7Cc8ccccc8C8=C(NNN8)c8ccccc87)c6)(C4)C5)cc3)O[C@]12C(=O)CO. The van der Waals surface area contributed by atoms with E-state index in [9.17, 15) is 64.2 Å². The van der Waals surface area contributed by atoms with Crippen molar-refractivity contribution in [2.75, 3.05) is 23.4 Å². The Morgan fingerprint density at radius 3 is 2.29 bits per heavy atom. The normalized spacial score (nSPS) is 34.2. The second-order valence-corrected chi connectivity index (χ2v) is 27.9. The highest BCUT2D eigenvalue weighted by atomic mass is 16.7. The van der Waals surface area contributed by atoms with Crippen molar-refractivity contribution in [1.29, 1.82) is 0 Å². The van der Waals surface area contributed by atoms with Gasteiger partial charge in [-0.2, -0.15) is 0 Å². The molecule has 7 aliphatic carbocycles. The molecule has 4 heterocycles. The smallest absolute Gasteiger partial charge is 0.407 e. The average molecular weight is 1300 g/mol. The van der Waals surface area contributed by atoms with Gasteiger partial charge in [0, 0.05) is 64.8 Å². The predicted molar refractivity (Wildman–Crippen MR) is 337 cm³/mol. The Hall–Kier alpha value is -8.37. The summed E-state index contributed by atoms with van der Waals surface area (Å²) in [6.07, 6.45) is -2.91. The van der Waals surface area contributed by atoms with E-state index in [2.05, 4.69) is 39.3 Å². The van der Waals surface area contributed by atoms with Crippen molar-refractivity contribution in [2.45, 2.75) is 158 Å². The second-order valence-electron chi connectivity index (χ2n) is 27.9. The lowest BCUT2D eigenvalue weighted by Crippen LogP contribution is -2.75. The number of Topliss-reactive ketones (excluding diaryl/α,β-unsaturated/α-hetero) is 1. The maximum absolute atomic E-state index is 14.1. The number of amides is 4. The van der Waals surface area contributed by atoms with Crippen LogP contribution in [0.3, 0.4) is 0 Å². The molecule has 14 atom stereocenters. The highest BCUT2D eigenvalue weighted by Gasteiger charge is 2.76. The molecular formula is C70H77N7O18. The summed E-state index contributed by atoms with van der Waals surface area (Å²) in [7, 11) is 0. The number of carbonyl (C=O) groups is 7. The van der Waals surface area contributed by atoms with Crippen LogP contribution in [-0.2, 0) is 67.3 Å². The first-order chi connectivity index (χ1) is 45.5. The van der Waals surface area contributed by atoms with Gasteiger partial charge in [-0.15, -0.1) is 5.53 Å². The maximum atomic E-state index is 14.1. The van der Waals surface area contributed by atoms with Crippen LogP contribution in [0.2, 0.25) is 0 Å². The van der Waals surface area contributed by atoms with E-state index < -0.39 is 107 Å². The Kier molecular flexibility index (Phi) is 16.4. The number of anilines is 2. The zero-order valence-electron chi connectivity index (χ0n) is 52.4. The van der Waals surface area contributed by atoms with Crippen LogP contribution in [0.5, 0.6) is 5.75 Å². The number of allylic oxidation sites excluding steroid dienone is 4. The summed E-state index contributed by atoms with van der Waals surface area (Å²) < 4.78 is 30.4. The van der Waals surface area contributed by atoms with Gasteiger partial charge >= 0.3 is 12.1 Å². The van der Waals surface area contributed by atoms with Crippen LogP contribution < -0.4 is 42.0 Å². The molecule has 12 N–H and O–H groups in total. The van der Waals surface area contributed by atoms with Crippen LogP contribution in [0, 0.1) is 34.0 Å². The van der Waals surface area contributed by atoms with E-state index in [1.807, 2.05) is 85.8 Å². The van der Waals surface area contributed by atoms with Gasteiger partial charge in [-0.25, -0.2) is 9.59 Å². The Labute approximate surface area is 546 Å². The van der Waals surface area contributed by atoms with E-state index >= 15 is 0 Å². The third-order valence-electron chi connectivity index (χ3n) is 22.1. The standard InChI is InChI=1S/C70H77N7O18/c1-66-23-21-41(79)26-40(66)16-17-43-45-27-51-70(50(81)31-78,67(45,2)29-48(80)55(43)66)95-63(93-51)38-14-11-36(12-15-38)28-68-33-69(34-68,35-68)73-65(90)91-32-37-13-18-49(92-64-60(87)58(85)59(86)61(94-64)62(88)89)46(25-37)72-53(83)22-24-71-52(82)19-20-54(84)77-30-39-7-3-4-8-42(39)56-57(75-76-74-56)44-9-5-6-10-47(44)77/h3-15,18,21,23,25-26,43,45,48,51,55,58-61,63-64,74-76,78,80,85-87H,16-17,19-20,22,24,27-35H2,1-2H3,(H,71,82)(H,72,83)(H,73,90)(H,88,89)/t43-,45-,48-,51+,55+,58-,59-,60+,61-,63+,64+,66-,67-,68?,69?,70+/m0/s1. The van der Waals surface area contributed by atoms with Crippen molar-refractivity contribution in [2.24, 2.45) is 34.0 Å². The van der Waals surface area contributed by atoms with Gasteiger partial charge in [-0.3, -0.25) is 24.0 Å². The molecule has 4 aromatic carbocycles. The lowest BCUT2D eigenvalue weighted by atomic mass is 9.38. The lowest BCUT2D eigenvalue weighted by Gasteiger charge is -2.70. The summed E-state index contributed by atoms with van der Waals surface area (Å²) in [5, 5.41) is 72.2. The Bertz CT molecular complexity index is 3890. The molecule has 500 valence electrons. The number of nitrogens with one attached hydrogen (secondary N) is 6. The van der Waals surface area contributed by atoms with Crippen LogP contribution in [0.15, 0.2) is 115 Å². The minimum atomic E-state index is -1.99. The molecule has 4 amide bonds. The summed E-state index contributed by atoms with van der Waals surface area (Å²) in [5.41, 5.74) is 13.9. The van der Waals surface area contributed by atoms with E-state index in [1.165, 1.54) is 18.2 Å². The minimum absolute atomic E-state index is 0.0330. The number of hydrogen-bond acceptors (Lipinski definition) is 20. The molecule has 25 nitrogen and oxygen atoms in total. The number of fused-ring (bicyclic) bond motifs is 11. The number of ketones is 2. The van der Waals surface area contributed by atoms with Gasteiger partial charge in [0.25, 0.3) is 0 Å². The van der Waals surface area contributed by atoms with Gasteiger partial charge in [0.05, 0.1) is 41.5 Å². The molecular weight excluding hydrogens is 1230 g/mol. The molecule has 0 unspecified atom stereocenters. The molecule has 11 aliphatic rings. The summed E-state index contributed by atoms with van der Waals surface area (Å²) >= 11 is 0. The molecule has 95 heavy (non-hydrogen) atoms. The molecule has 8 fully saturated rings. The van der Waals surface area contributed by atoms with Crippen LogP contribution in [0.4, 0.5) is 16.2 Å². The van der Waals surface area contributed by atoms with Gasteiger partial charge < -0.3 is 86.0 Å². The number of carboxylic acids is 1.